The molecule has 0 radical (unpaired) electrons. The van der Waals surface area contributed by atoms with Crippen molar-refractivity contribution in [3.8, 4) is 0 Å². The molecule has 1 fully saturated rings. The Balaban J connectivity index is 1.72. The number of aliphatic hydroxyl groups is 1. The zero-order valence-electron chi connectivity index (χ0n) is 14.1. The fourth-order valence-electron chi connectivity index (χ4n) is 3.35. The monoisotopic (exact) mass is 329 g/mol. The van der Waals surface area contributed by atoms with Gasteiger partial charge in [0.05, 0.1) is 6.10 Å². The zero-order valence-corrected chi connectivity index (χ0v) is 14.1. The average Bonchev–Trinajstić information content (AvgIpc) is 2.91. The Morgan fingerprint density at radius 1 is 1.08 bits per heavy atom. The number of hydrogen-bond donors (Lipinski definition) is 1. The van der Waals surface area contributed by atoms with Gasteiger partial charge in [-0.25, -0.2) is 4.79 Å². The highest BCUT2D eigenvalue weighted by Crippen LogP contribution is 2.22. The van der Waals surface area contributed by atoms with Crippen molar-refractivity contribution in [2.75, 3.05) is 13.1 Å². The molecule has 2 atom stereocenters. The number of hydrogen-bond acceptors (Lipinski definition) is 4. The number of likely N-dealkylation sites (tertiary alicyclic amines) is 1. The molecule has 1 aromatic carbocycles. The van der Waals surface area contributed by atoms with Crippen LogP contribution < -0.4 is 11.2 Å². The van der Waals surface area contributed by atoms with Crippen LogP contribution in [0.1, 0.15) is 11.3 Å². The SMILES string of the molecule is Cn1c(CN2C[C@H](Cc3ccccc3)[C@@H](O)C2)cc(=O)n(C)c1=O. The fourth-order valence-corrected chi connectivity index (χ4v) is 3.35. The Kier molecular flexibility index (Phi) is 4.69. The first-order chi connectivity index (χ1) is 11.5. The maximum absolute atomic E-state index is 12.0. The van der Waals surface area contributed by atoms with Crippen LogP contribution in [0.2, 0.25) is 0 Å². The van der Waals surface area contributed by atoms with Gasteiger partial charge >= 0.3 is 5.69 Å². The lowest BCUT2D eigenvalue weighted by molar-refractivity contribution is 0.140. The summed E-state index contributed by atoms with van der Waals surface area (Å²) in [5.74, 6) is 0.163. The lowest BCUT2D eigenvalue weighted by Crippen LogP contribution is -2.39. The van der Waals surface area contributed by atoms with Crippen LogP contribution in [0.15, 0.2) is 46.0 Å². The van der Waals surface area contributed by atoms with Crippen LogP contribution in [0.3, 0.4) is 0 Å². The molecule has 0 bridgehead atoms. The quantitative estimate of drug-likeness (QED) is 0.865. The van der Waals surface area contributed by atoms with E-state index in [9.17, 15) is 14.7 Å². The van der Waals surface area contributed by atoms with E-state index in [1.165, 1.54) is 23.2 Å². The van der Waals surface area contributed by atoms with Crippen LogP contribution in [0.4, 0.5) is 0 Å². The second-order valence-corrected chi connectivity index (χ2v) is 6.59. The Hall–Kier alpha value is -2.18. The van der Waals surface area contributed by atoms with Gasteiger partial charge < -0.3 is 5.11 Å². The van der Waals surface area contributed by atoms with Crippen molar-refractivity contribution in [2.45, 2.75) is 19.1 Å². The van der Waals surface area contributed by atoms with Crippen molar-refractivity contribution in [1.82, 2.24) is 14.0 Å². The van der Waals surface area contributed by atoms with Crippen LogP contribution in [0.25, 0.3) is 0 Å². The van der Waals surface area contributed by atoms with E-state index in [0.717, 1.165) is 17.5 Å². The third-order valence-corrected chi connectivity index (χ3v) is 4.83. The molecule has 2 heterocycles. The minimum atomic E-state index is -0.395. The molecule has 1 saturated heterocycles. The largest absolute Gasteiger partial charge is 0.391 e. The number of benzene rings is 1. The maximum atomic E-state index is 12.0. The van der Waals surface area contributed by atoms with Crippen LogP contribution in [-0.2, 0) is 27.1 Å². The van der Waals surface area contributed by atoms with E-state index >= 15 is 0 Å². The average molecular weight is 329 g/mol. The molecule has 0 amide bonds. The van der Waals surface area contributed by atoms with Crippen molar-refractivity contribution < 1.29 is 5.11 Å². The van der Waals surface area contributed by atoms with Crippen molar-refractivity contribution in [2.24, 2.45) is 20.0 Å². The predicted octanol–water partition coefficient (Wildman–Crippen LogP) is 0.119. The molecule has 6 heteroatoms. The Morgan fingerprint density at radius 2 is 1.79 bits per heavy atom. The van der Waals surface area contributed by atoms with E-state index in [4.69, 9.17) is 0 Å². The first-order valence-electron chi connectivity index (χ1n) is 8.16. The van der Waals surface area contributed by atoms with E-state index in [0.29, 0.717) is 18.8 Å². The van der Waals surface area contributed by atoms with Gasteiger partial charge in [-0.05, 0) is 12.0 Å². The molecule has 0 spiro atoms. The lowest BCUT2D eigenvalue weighted by atomic mass is 9.97. The van der Waals surface area contributed by atoms with Gasteiger partial charge in [-0.3, -0.25) is 18.8 Å². The van der Waals surface area contributed by atoms with Crippen molar-refractivity contribution in [1.29, 1.82) is 0 Å². The summed E-state index contributed by atoms with van der Waals surface area (Å²) in [6, 6.07) is 11.6. The second-order valence-electron chi connectivity index (χ2n) is 6.59. The number of rotatable bonds is 4. The highest BCUT2D eigenvalue weighted by Gasteiger charge is 2.31. The maximum Gasteiger partial charge on any atom is 0.330 e. The smallest absolute Gasteiger partial charge is 0.330 e. The Bertz CT molecular complexity index is 826. The second kappa shape index (κ2) is 6.75. The van der Waals surface area contributed by atoms with E-state index in [2.05, 4.69) is 17.0 Å². The molecule has 1 aliphatic rings. The Labute approximate surface area is 140 Å². The first-order valence-corrected chi connectivity index (χ1v) is 8.16. The van der Waals surface area contributed by atoms with E-state index in [1.54, 1.807) is 7.05 Å². The molecule has 0 unspecified atom stereocenters. The number of nitrogens with zero attached hydrogens (tertiary/aromatic N) is 3. The minimum Gasteiger partial charge on any atom is -0.391 e. The molecule has 1 aliphatic heterocycles. The topological polar surface area (TPSA) is 67.5 Å². The Morgan fingerprint density at radius 3 is 2.50 bits per heavy atom. The molecular formula is C18H23N3O3. The molecular weight excluding hydrogens is 306 g/mol. The van der Waals surface area contributed by atoms with Gasteiger partial charge in [0.1, 0.15) is 0 Å². The molecule has 128 valence electrons. The molecule has 0 saturated carbocycles. The van der Waals surface area contributed by atoms with Crippen LogP contribution >= 0.6 is 0 Å². The van der Waals surface area contributed by atoms with Crippen LogP contribution in [-0.4, -0.2) is 38.3 Å². The zero-order chi connectivity index (χ0) is 17.3. The van der Waals surface area contributed by atoms with Gasteiger partial charge in [0.15, 0.2) is 0 Å². The molecule has 24 heavy (non-hydrogen) atoms. The third kappa shape index (κ3) is 3.34. The minimum absolute atomic E-state index is 0.163. The summed E-state index contributed by atoms with van der Waals surface area (Å²) in [4.78, 5) is 26.0. The fraction of sp³-hybridized carbons (Fsp3) is 0.444. The number of aliphatic hydroxyl groups excluding tert-OH is 1. The summed E-state index contributed by atoms with van der Waals surface area (Å²) in [6.45, 7) is 1.80. The molecule has 1 aromatic heterocycles. The van der Waals surface area contributed by atoms with Gasteiger partial charge in [0.2, 0.25) is 0 Å². The van der Waals surface area contributed by atoms with Gasteiger partial charge in [-0.1, -0.05) is 30.3 Å². The van der Waals surface area contributed by atoms with Crippen molar-refractivity contribution >= 4 is 0 Å². The summed E-state index contributed by atoms with van der Waals surface area (Å²) in [5, 5.41) is 10.3. The molecule has 2 aromatic rings. The number of β-amino-alcohol motifs (C(OH)–C–C–N with tert-alkyl or cyclic N) is 1. The third-order valence-electron chi connectivity index (χ3n) is 4.83. The van der Waals surface area contributed by atoms with E-state index in [1.807, 2.05) is 18.2 Å². The van der Waals surface area contributed by atoms with Gasteiger partial charge in [-0.2, -0.15) is 0 Å². The normalized spacial score (nSPS) is 21.3. The van der Waals surface area contributed by atoms with Gasteiger partial charge in [-0.15, -0.1) is 0 Å². The van der Waals surface area contributed by atoms with Crippen LogP contribution in [0.5, 0.6) is 0 Å². The molecule has 0 aliphatic carbocycles. The summed E-state index contributed by atoms with van der Waals surface area (Å²) < 4.78 is 2.60. The summed E-state index contributed by atoms with van der Waals surface area (Å²) in [5.41, 5.74) is 1.27. The lowest BCUT2D eigenvalue weighted by Gasteiger charge is -2.18. The molecule has 3 rings (SSSR count). The highest BCUT2D eigenvalue weighted by atomic mass is 16.3. The highest BCUT2D eigenvalue weighted by molar-refractivity contribution is 5.16. The summed E-state index contributed by atoms with van der Waals surface area (Å²) in [6.07, 6.45) is 0.433. The van der Waals surface area contributed by atoms with Gasteiger partial charge in [0.25, 0.3) is 5.56 Å². The van der Waals surface area contributed by atoms with Crippen molar-refractivity contribution in [3.05, 3.63) is 68.5 Å². The standard InChI is InChI=1S/C18H23N3O3/c1-19-15(9-17(23)20(2)18(19)24)11-21-10-14(16(22)12-21)8-13-6-4-3-5-7-13/h3-7,9,14,16,22H,8,10-12H2,1-2H3/t14-,16-/m0/s1. The summed E-state index contributed by atoms with van der Waals surface area (Å²) in [7, 11) is 3.15. The van der Waals surface area contributed by atoms with Crippen molar-refractivity contribution in [3.63, 3.8) is 0 Å². The van der Waals surface area contributed by atoms with Gasteiger partial charge in [0, 0.05) is 51.4 Å². The van der Waals surface area contributed by atoms with Crippen LogP contribution in [0, 0.1) is 5.92 Å². The summed E-state index contributed by atoms with van der Waals surface area (Å²) >= 11 is 0. The first kappa shape index (κ1) is 16.7. The van der Waals surface area contributed by atoms with E-state index < -0.39 is 6.10 Å². The van der Waals surface area contributed by atoms with E-state index in [-0.39, 0.29) is 17.2 Å². The molecule has 6 nitrogen and oxygen atoms in total. The predicted molar refractivity (Wildman–Crippen MR) is 91.8 cm³/mol. The number of aromatic nitrogens is 2. The molecule has 1 N–H and O–H groups in total.